The average Bonchev–Trinajstić information content (AvgIpc) is 2.41. The first-order valence-electron chi connectivity index (χ1n) is 7.36. The van der Waals surface area contributed by atoms with E-state index in [-0.39, 0.29) is 17.9 Å². The standard InChI is InChI=1S/C16H25FN2O/c1-12(18)16(14-4-3-5-15(17)10-14)19-8-6-13(7-9-19)11-20-2/h3-5,10,12-13,16H,6-9,11,18H2,1-2H3. The van der Waals surface area contributed by atoms with Gasteiger partial charge in [0.2, 0.25) is 0 Å². The molecule has 0 amide bonds. The molecule has 1 aliphatic heterocycles. The summed E-state index contributed by atoms with van der Waals surface area (Å²) < 4.78 is 18.7. The minimum atomic E-state index is -0.192. The molecule has 1 saturated heterocycles. The molecule has 2 atom stereocenters. The van der Waals surface area contributed by atoms with Crippen LogP contribution < -0.4 is 5.73 Å². The predicted octanol–water partition coefficient (Wildman–Crippen LogP) is 2.57. The molecule has 4 heteroatoms. The Morgan fingerprint density at radius 1 is 1.40 bits per heavy atom. The highest BCUT2D eigenvalue weighted by Gasteiger charge is 2.28. The molecule has 2 N–H and O–H groups in total. The lowest BCUT2D eigenvalue weighted by Gasteiger charge is -2.39. The van der Waals surface area contributed by atoms with E-state index in [9.17, 15) is 4.39 Å². The third kappa shape index (κ3) is 3.78. The lowest BCUT2D eigenvalue weighted by molar-refractivity contribution is 0.0735. The smallest absolute Gasteiger partial charge is 0.123 e. The number of piperidine rings is 1. The summed E-state index contributed by atoms with van der Waals surface area (Å²) in [4.78, 5) is 2.38. The lowest BCUT2D eigenvalue weighted by atomic mass is 9.92. The van der Waals surface area contributed by atoms with Crippen LogP contribution in [0.4, 0.5) is 4.39 Å². The Bertz CT molecular complexity index is 417. The van der Waals surface area contributed by atoms with Crippen LogP contribution in [0.25, 0.3) is 0 Å². The van der Waals surface area contributed by atoms with Gasteiger partial charge in [-0.05, 0) is 56.5 Å². The zero-order chi connectivity index (χ0) is 14.5. The number of hydrogen-bond acceptors (Lipinski definition) is 3. The molecule has 112 valence electrons. The van der Waals surface area contributed by atoms with E-state index in [2.05, 4.69) is 4.90 Å². The van der Waals surface area contributed by atoms with E-state index in [0.29, 0.717) is 5.92 Å². The zero-order valence-corrected chi connectivity index (χ0v) is 12.4. The molecule has 1 aromatic carbocycles. The molecule has 1 aliphatic rings. The Labute approximate surface area is 120 Å². The van der Waals surface area contributed by atoms with Crippen molar-refractivity contribution in [2.75, 3.05) is 26.8 Å². The summed E-state index contributed by atoms with van der Waals surface area (Å²) in [6.45, 7) is 4.82. The lowest BCUT2D eigenvalue weighted by Crippen LogP contribution is -2.44. The minimum absolute atomic E-state index is 0.0178. The van der Waals surface area contributed by atoms with E-state index < -0.39 is 0 Å². The van der Waals surface area contributed by atoms with Crippen molar-refractivity contribution in [3.63, 3.8) is 0 Å². The van der Waals surface area contributed by atoms with Crippen molar-refractivity contribution in [2.24, 2.45) is 11.7 Å². The molecule has 0 radical (unpaired) electrons. The molecule has 0 aliphatic carbocycles. The fourth-order valence-electron chi connectivity index (χ4n) is 3.17. The van der Waals surface area contributed by atoms with E-state index in [1.807, 2.05) is 13.0 Å². The van der Waals surface area contributed by atoms with Crippen LogP contribution in [0.3, 0.4) is 0 Å². The molecular weight excluding hydrogens is 255 g/mol. The van der Waals surface area contributed by atoms with Crippen LogP contribution in [-0.2, 0) is 4.74 Å². The van der Waals surface area contributed by atoms with Crippen molar-refractivity contribution in [1.82, 2.24) is 4.90 Å². The summed E-state index contributed by atoms with van der Waals surface area (Å²) in [5.41, 5.74) is 7.13. The second-order valence-corrected chi connectivity index (χ2v) is 5.79. The maximum Gasteiger partial charge on any atom is 0.123 e. The maximum absolute atomic E-state index is 13.4. The summed E-state index contributed by atoms with van der Waals surface area (Å²) in [6.07, 6.45) is 2.23. The van der Waals surface area contributed by atoms with Crippen LogP contribution in [0.5, 0.6) is 0 Å². The summed E-state index contributed by atoms with van der Waals surface area (Å²) in [5, 5.41) is 0. The number of methoxy groups -OCH3 is 1. The number of benzene rings is 1. The largest absolute Gasteiger partial charge is 0.384 e. The van der Waals surface area contributed by atoms with E-state index in [0.717, 1.165) is 38.1 Å². The molecule has 1 fully saturated rings. The van der Waals surface area contributed by atoms with Crippen molar-refractivity contribution in [3.05, 3.63) is 35.6 Å². The van der Waals surface area contributed by atoms with Crippen molar-refractivity contribution < 1.29 is 9.13 Å². The molecule has 20 heavy (non-hydrogen) atoms. The zero-order valence-electron chi connectivity index (χ0n) is 12.4. The van der Waals surface area contributed by atoms with Crippen LogP contribution in [0.15, 0.2) is 24.3 Å². The van der Waals surface area contributed by atoms with Gasteiger partial charge in [0.1, 0.15) is 5.82 Å². The first-order valence-corrected chi connectivity index (χ1v) is 7.36. The van der Waals surface area contributed by atoms with Gasteiger partial charge in [-0.3, -0.25) is 4.90 Å². The van der Waals surface area contributed by atoms with Crippen LogP contribution in [-0.4, -0.2) is 37.7 Å². The van der Waals surface area contributed by atoms with Crippen LogP contribution in [0.2, 0.25) is 0 Å². The van der Waals surface area contributed by atoms with Gasteiger partial charge in [0.05, 0.1) is 0 Å². The highest BCUT2D eigenvalue weighted by Crippen LogP contribution is 2.29. The summed E-state index contributed by atoms with van der Waals surface area (Å²) in [7, 11) is 1.75. The van der Waals surface area contributed by atoms with Gasteiger partial charge < -0.3 is 10.5 Å². The van der Waals surface area contributed by atoms with E-state index in [4.69, 9.17) is 10.5 Å². The first-order chi connectivity index (χ1) is 9.61. The Hall–Kier alpha value is -0.970. The Morgan fingerprint density at radius 3 is 2.65 bits per heavy atom. The Morgan fingerprint density at radius 2 is 2.10 bits per heavy atom. The van der Waals surface area contributed by atoms with E-state index in [1.165, 1.54) is 6.07 Å². The van der Waals surface area contributed by atoms with Gasteiger partial charge in [-0.1, -0.05) is 12.1 Å². The minimum Gasteiger partial charge on any atom is -0.384 e. The summed E-state index contributed by atoms with van der Waals surface area (Å²) in [5.74, 6) is 0.444. The van der Waals surface area contributed by atoms with Crippen molar-refractivity contribution in [1.29, 1.82) is 0 Å². The van der Waals surface area contributed by atoms with Gasteiger partial charge in [0.25, 0.3) is 0 Å². The van der Waals surface area contributed by atoms with E-state index in [1.54, 1.807) is 19.2 Å². The van der Waals surface area contributed by atoms with Crippen LogP contribution in [0.1, 0.15) is 31.4 Å². The fourth-order valence-corrected chi connectivity index (χ4v) is 3.17. The number of nitrogens with zero attached hydrogens (tertiary/aromatic N) is 1. The third-order valence-electron chi connectivity index (χ3n) is 4.13. The van der Waals surface area contributed by atoms with Crippen LogP contribution in [0, 0.1) is 11.7 Å². The highest BCUT2D eigenvalue weighted by atomic mass is 19.1. The third-order valence-corrected chi connectivity index (χ3v) is 4.13. The normalized spacial score (nSPS) is 20.8. The molecule has 0 saturated carbocycles. The topological polar surface area (TPSA) is 38.5 Å². The SMILES string of the molecule is COCC1CCN(C(c2cccc(F)c2)C(C)N)CC1. The summed E-state index contributed by atoms with van der Waals surface area (Å²) in [6, 6.07) is 6.89. The number of nitrogens with two attached hydrogens (primary N) is 1. The quantitative estimate of drug-likeness (QED) is 0.901. The average molecular weight is 280 g/mol. The molecular formula is C16H25FN2O. The maximum atomic E-state index is 13.4. The van der Waals surface area contributed by atoms with Gasteiger partial charge in [0, 0.05) is 25.8 Å². The van der Waals surface area contributed by atoms with Gasteiger partial charge in [-0.25, -0.2) is 4.39 Å². The highest BCUT2D eigenvalue weighted by molar-refractivity contribution is 5.22. The number of halogens is 1. The second-order valence-electron chi connectivity index (χ2n) is 5.79. The number of hydrogen-bond donors (Lipinski definition) is 1. The second kappa shape index (κ2) is 7.16. The van der Waals surface area contributed by atoms with Crippen LogP contribution >= 0.6 is 0 Å². The van der Waals surface area contributed by atoms with Gasteiger partial charge in [-0.2, -0.15) is 0 Å². The predicted molar refractivity (Wildman–Crippen MR) is 79.0 cm³/mol. The van der Waals surface area contributed by atoms with Crippen molar-refractivity contribution in [3.8, 4) is 0 Å². The molecule has 1 heterocycles. The summed E-state index contributed by atoms with van der Waals surface area (Å²) >= 11 is 0. The number of likely N-dealkylation sites (tertiary alicyclic amines) is 1. The van der Waals surface area contributed by atoms with Gasteiger partial charge >= 0.3 is 0 Å². The molecule has 1 aromatic rings. The molecule has 2 unspecified atom stereocenters. The number of rotatable bonds is 5. The van der Waals surface area contributed by atoms with Crippen molar-refractivity contribution in [2.45, 2.75) is 31.8 Å². The van der Waals surface area contributed by atoms with Crippen molar-refractivity contribution >= 4 is 0 Å². The van der Waals surface area contributed by atoms with E-state index >= 15 is 0 Å². The fraction of sp³-hybridized carbons (Fsp3) is 0.625. The van der Waals surface area contributed by atoms with Gasteiger partial charge in [0.15, 0.2) is 0 Å². The molecule has 3 nitrogen and oxygen atoms in total. The molecule has 2 rings (SSSR count). The molecule has 0 aromatic heterocycles. The Balaban J connectivity index is 2.07. The number of ether oxygens (including phenoxy) is 1. The monoisotopic (exact) mass is 280 g/mol. The molecule has 0 spiro atoms. The molecule has 0 bridgehead atoms. The Kier molecular flexibility index (Phi) is 5.52. The van der Waals surface area contributed by atoms with Gasteiger partial charge in [-0.15, -0.1) is 0 Å². The first kappa shape index (κ1) is 15.4.